The van der Waals surface area contributed by atoms with Crippen LogP contribution in [0.2, 0.25) is 0 Å². The van der Waals surface area contributed by atoms with Crippen molar-refractivity contribution in [3.63, 3.8) is 0 Å². The van der Waals surface area contributed by atoms with Crippen LogP contribution in [0.5, 0.6) is 11.5 Å². The van der Waals surface area contributed by atoms with Crippen molar-refractivity contribution < 1.29 is 14.3 Å². The van der Waals surface area contributed by atoms with E-state index in [-0.39, 0.29) is 5.91 Å². The summed E-state index contributed by atoms with van der Waals surface area (Å²) in [5.74, 6) is 1.62. The second-order valence-corrected chi connectivity index (χ2v) is 6.20. The number of hydrogen-bond donors (Lipinski definition) is 1. The van der Waals surface area contributed by atoms with Crippen molar-refractivity contribution in [3.05, 3.63) is 54.1 Å². The predicted molar refractivity (Wildman–Crippen MR) is 102 cm³/mol. The van der Waals surface area contributed by atoms with E-state index in [1.165, 1.54) is 0 Å². The standard InChI is InChI=1S/C19H19N3O3S/c1-3-12-25-16-7-5-4-6-15(16)18(23)21-19-20-17(22-26-19)13-8-10-14(24-2)11-9-13/h4-11H,3,12H2,1-2H3,(H,20,21,22,23). The van der Waals surface area contributed by atoms with E-state index in [0.29, 0.717) is 28.9 Å². The molecule has 1 N–H and O–H groups in total. The topological polar surface area (TPSA) is 73.3 Å². The summed E-state index contributed by atoms with van der Waals surface area (Å²) in [5, 5.41) is 3.23. The molecular formula is C19H19N3O3S. The van der Waals surface area contributed by atoms with Gasteiger partial charge >= 0.3 is 0 Å². The van der Waals surface area contributed by atoms with E-state index < -0.39 is 0 Å². The Morgan fingerprint density at radius 1 is 1.15 bits per heavy atom. The van der Waals surface area contributed by atoms with Crippen molar-refractivity contribution in [3.8, 4) is 22.9 Å². The number of anilines is 1. The molecule has 1 heterocycles. The first-order chi connectivity index (χ1) is 12.7. The Balaban J connectivity index is 1.73. The minimum Gasteiger partial charge on any atom is -0.497 e. The van der Waals surface area contributed by atoms with Crippen LogP contribution in [0.4, 0.5) is 5.13 Å². The minimum absolute atomic E-state index is 0.269. The molecule has 0 aliphatic carbocycles. The van der Waals surface area contributed by atoms with E-state index >= 15 is 0 Å². The molecule has 1 amide bonds. The molecule has 0 aliphatic rings. The molecule has 3 rings (SSSR count). The summed E-state index contributed by atoms with van der Waals surface area (Å²) in [4.78, 5) is 16.9. The third-order valence-corrected chi connectivity index (χ3v) is 4.22. The van der Waals surface area contributed by atoms with Crippen LogP contribution in [0.25, 0.3) is 11.4 Å². The fraction of sp³-hybridized carbons (Fsp3) is 0.211. The molecule has 7 heteroatoms. The van der Waals surface area contributed by atoms with Gasteiger partial charge in [0, 0.05) is 17.1 Å². The zero-order chi connectivity index (χ0) is 18.4. The number of methoxy groups -OCH3 is 1. The number of aromatic nitrogens is 2. The monoisotopic (exact) mass is 369 g/mol. The first-order valence-corrected chi connectivity index (χ1v) is 9.00. The van der Waals surface area contributed by atoms with Gasteiger partial charge in [-0.3, -0.25) is 10.1 Å². The zero-order valence-electron chi connectivity index (χ0n) is 14.6. The largest absolute Gasteiger partial charge is 0.497 e. The summed E-state index contributed by atoms with van der Waals surface area (Å²) in [5.41, 5.74) is 1.33. The fourth-order valence-electron chi connectivity index (χ4n) is 2.29. The van der Waals surface area contributed by atoms with Gasteiger partial charge in [0.1, 0.15) is 11.5 Å². The van der Waals surface area contributed by atoms with Gasteiger partial charge < -0.3 is 9.47 Å². The molecule has 2 aromatic carbocycles. The molecule has 0 spiro atoms. The lowest BCUT2D eigenvalue weighted by Crippen LogP contribution is -2.13. The molecule has 0 bridgehead atoms. The van der Waals surface area contributed by atoms with Gasteiger partial charge in [-0.25, -0.2) is 0 Å². The van der Waals surface area contributed by atoms with Crippen LogP contribution >= 0.6 is 11.5 Å². The summed E-state index contributed by atoms with van der Waals surface area (Å²) < 4.78 is 15.1. The summed E-state index contributed by atoms with van der Waals surface area (Å²) in [6, 6.07) is 14.6. The number of para-hydroxylation sites is 1. The molecule has 0 fully saturated rings. The molecule has 6 nitrogen and oxygen atoms in total. The third-order valence-electron chi connectivity index (χ3n) is 3.59. The van der Waals surface area contributed by atoms with Gasteiger partial charge in [0.25, 0.3) is 5.91 Å². The summed E-state index contributed by atoms with van der Waals surface area (Å²) >= 11 is 1.14. The van der Waals surface area contributed by atoms with Crippen LogP contribution in [0, 0.1) is 0 Å². The van der Waals surface area contributed by atoms with E-state index in [1.54, 1.807) is 25.3 Å². The lowest BCUT2D eigenvalue weighted by Gasteiger charge is -2.09. The maximum atomic E-state index is 12.6. The molecule has 0 saturated carbocycles. The van der Waals surface area contributed by atoms with Gasteiger partial charge in [-0.05, 0) is 42.8 Å². The quantitative estimate of drug-likeness (QED) is 0.674. The van der Waals surface area contributed by atoms with E-state index in [1.807, 2.05) is 37.3 Å². The maximum Gasteiger partial charge on any atom is 0.261 e. The highest BCUT2D eigenvalue weighted by Crippen LogP contribution is 2.25. The number of hydrogen-bond acceptors (Lipinski definition) is 6. The molecule has 0 saturated heterocycles. The number of carbonyl (C=O) groups excluding carboxylic acids is 1. The Morgan fingerprint density at radius 3 is 2.65 bits per heavy atom. The average Bonchev–Trinajstić information content (AvgIpc) is 3.15. The number of nitrogens with one attached hydrogen (secondary N) is 1. The maximum absolute atomic E-state index is 12.6. The van der Waals surface area contributed by atoms with Crippen molar-refractivity contribution >= 4 is 22.6 Å². The normalized spacial score (nSPS) is 10.4. The summed E-state index contributed by atoms with van der Waals surface area (Å²) in [6.07, 6.45) is 0.873. The summed E-state index contributed by atoms with van der Waals surface area (Å²) in [7, 11) is 1.62. The Labute approximate surface area is 156 Å². The predicted octanol–water partition coefficient (Wildman–Crippen LogP) is 4.25. The van der Waals surface area contributed by atoms with Crippen molar-refractivity contribution in [2.75, 3.05) is 19.0 Å². The van der Waals surface area contributed by atoms with Gasteiger partial charge in [-0.2, -0.15) is 9.36 Å². The van der Waals surface area contributed by atoms with Crippen LogP contribution in [-0.2, 0) is 0 Å². The lowest BCUT2D eigenvalue weighted by atomic mass is 10.2. The van der Waals surface area contributed by atoms with E-state index in [2.05, 4.69) is 14.7 Å². The van der Waals surface area contributed by atoms with Crippen LogP contribution in [0.3, 0.4) is 0 Å². The summed E-state index contributed by atoms with van der Waals surface area (Å²) in [6.45, 7) is 2.58. The highest BCUT2D eigenvalue weighted by Gasteiger charge is 2.15. The van der Waals surface area contributed by atoms with E-state index in [9.17, 15) is 4.79 Å². The Bertz CT molecular complexity index is 878. The van der Waals surface area contributed by atoms with Crippen molar-refractivity contribution in [1.82, 2.24) is 9.36 Å². The van der Waals surface area contributed by atoms with Gasteiger partial charge in [0.2, 0.25) is 5.13 Å². The van der Waals surface area contributed by atoms with Crippen LogP contribution in [-0.4, -0.2) is 29.0 Å². The number of benzene rings is 2. The molecule has 0 atom stereocenters. The number of rotatable bonds is 7. The smallest absolute Gasteiger partial charge is 0.261 e. The van der Waals surface area contributed by atoms with Crippen molar-refractivity contribution in [1.29, 1.82) is 0 Å². The van der Waals surface area contributed by atoms with Crippen molar-refractivity contribution in [2.45, 2.75) is 13.3 Å². The molecule has 0 aliphatic heterocycles. The van der Waals surface area contributed by atoms with Gasteiger partial charge in [-0.15, -0.1) is 0 Å². The van der Waals surface area contributed by atoms with Gasteiger partial charge in [0.05, 0.1) is 19.3 Å². The van der Waals surface area contributed by atoms with Crippen molar-refractivity contribution in [2.24, 2.45) is 0 Å². The van der Waals surface area contributed by atoms with Crippen LogP contribution in [0.1, 0.15) is 23.7 Å². The van der Waals surface area contributed by atoms with Crippen LogP contribution < -0.4 is 14.8 Å². The zero-order valence-corrected chi connectivity index (χ0v) is 15.4. The molecule has 134 valence electrons. The first kappa shape index (κ1) is 17.9. The minimum atomic E-state index is -0.269. The van der Waals surface area contributed by atoms with Crippen LogP contribution in [0.15, 0.2) is 48.5 Å². The highest BCUT2D eigenvalue weighted by molar-refractivity contribution is 7.10. The average molecular weight is 369 g/mol. The number of ether oxygens (including phenoxy) is 2. The number of carbonyl (C=O) groups is 1. The Kier molecular flexibility index (Phi) is 5.80. The number of amides is 1. The molecule has 0 unspecified atom stereocenters. The Morgan fingerprint density at radius 2 is 1.92 bits per heavy atom. The van der Waals surface area contributed by atoms with Gasteiger partial charge in [-0.1, -0.05) is 19.1 Å². The SMILES string of the molecule is CCCOc1ccccc1C(=O)Nc1nc(-c2ccc(OC)cc2)ns1. The third kappa shape index (κ3) is 4.18. The lowest BCUT2D eigenvalue weighted by molar-refractivity contribution is 0.102. The van der Waals surface area contributed by atoms with Gasteiger partial charge in [0.15, 0.2) is 5.82 Å². The molecule has 3 aromatic rings. The molecule has 1 aromatic heterocycles. The second-order valence-electron chi connectivity index (χ2n) is 5.45. The molecular weight excluding hydrogens is 350 g/mol. The van der Waals surface area contributed by atoms with E-state index in [0.717, 1.165) is 29.3 Å². The first-order valence-electron chi connectivity index (χ1n) is 8.22. The highest BCUT2D eigenvalue weighted by atomic mass is 32.1. The fourth-order valence-corrected chi connectivity index (χ4v) is 2.87. The molecule has 26 heavy (non-hydrogen) atoms. The Hall–Kier alpha value is -2.93. The number of nitrogens with zero attached hydrogens (tertiary/aromatic N) is 2. The van der Waals surface area contributed by atoms with E-state index in [4.69, 9.17) is 9.47 Å². The second kappa shape index (κ2) is 8.44. The molecule has 0 radical (unpaired) electrons.